The summed E-state index contributed by atoms with van der Waals surface area (Å²) in [6, 6.07) is 9.02. The van der Waals surface area contributed by atoms with E-state index in [1.54, 1.807) is 0 Å². The number of aliphatic imine (C=N–C) groups is 1. The van der Waals surface area contributed by atoms with Crippen LogP contribution in [0, 0.1) is 5.92 Å². The number of rotatable bonds is 9. The first kappa shape index (κ1) is 24.0. The summed E-state index contributed by atoms with van der Waals surface area (Å²) in [5.41, 5.74) is 2.82. The van der Waals surface area contributed by atoms with Crippen LogP contribution >= 0.6 is 0 Å². The van der Waals surface area contributed by atoms with E-state index < -0.39 is 6.10 Å². The van der Waals surface area contributed by atoms with E-state index in [1.165, 1.54) is 11.1 Å². The minimum absolute atomic E-state index is 0.401. The van der Waals surface area contributed by atoms with Gasteiger partial charge >= 0.3 is 0 Å². The van der Waals surface area contributed by atoms with Crippen LogP contribution in [0.5, 0.6) is 0 Å². The zero-order chi connectivity index (χ0) is 22.1. The van der Waals surface area contributed by atoms with E-state index in [2.05, 4.69) is 65.5 Å². The number of morpholine rings is 1. The number of ether oxygens (including phenoxy) is 1. The van der Waals surface area contributed by atoms with Crippen LogP contribution in [0.25, 0.3) is 0 Å². The average molecular weight is 432 g/mol. The van der Waals surface area contributed by atoms with Gasteiger partial charge in [0.15, 0.2) is 5.96 Å². The molecule has 0 radical (unpaired) electrons. The lowest BCUT2D eigenvalue weighted by Crippen LogP contribution is -2.49. The fraction of sp³-hybridized carbons (Fsp3) is 0.708. The molecule has 1 aromatic carbocycles. The van der Waals surface area contributed by atoms with E-state index >= 15 is 0 Å². The van der Waals surface area contributed by atoms with Gasteiger partial charge in [-0.1, -0.05) is 38.1 Å². The van der Waals surface area contributed by atoms with Crippen molar-refractivity contribution in [2.75, 3.05) is 59.0 Å². The third kappa shape index (κ3) is 7.45. The molecule has 0 saturated carbocycles. The number of hydrogen-bond acceptors (Lipinski definition) is 5. The van der Waals surface area contributed by atoms with Gasteiger partial charge in [0.25, 0.3) is 0 Å². The maximum absolute atomic E-state index is 10.6. The molecule has 1 saturated heterocycles. The van der Waals surface area contributed by atoms with Crippen molar-refractivity contribution in [3.05, 3.63) is 35.4 Å². The Hall–Kier alpha value is -1.67. The minimum atomic E-state index is -0.436. The molecule has 3 N–H and O–H groups in total. The summed E-state index contributed by atoms with van der Waals surface area (Å²) < 4.78 is 5.51. The molecule has 7 heteroatoms. The number of aliphatic hydroxyl groups is 1. The highest BCUT2D eigenvalue weighted by atomic mass is 16.5. The van der Waals surface area contributed by atoms with Crippen molar-refractivity contribution < 1.29 is 9.84 Å². The topological polar surface area (TPSA) is 72.4 Å². The number of aliphatic hydroxyl groups excluding tert-OH is 1. The molecular formula is C24H41N5O2. The molecule has 2 heterocycles. The SMILES string of the molecule is CCNC(=NCC(C(C)C)N1CCOCC1)NCC(O)CN1CCc2ccccc2C1. The quantitative estimate of drug-likeness (QED) is 0.405. The lowest BCUT2D eigenvalue weighted by Gasteiger charge is -2.36. The van der Waals surface area contributed by atoms with Crippen molar-refractivity contribution in [3.63, 3.8) is 0 Å². The predicted octanol–water partition coefficient (Wildman–Crippen LogP) is 1.32. The third-order valence-corrected chi connectivity index (χ3v) is 6.25. The number of β-amino-alcohol motifs (C(OH)–C–C–N with tert-alkyl or cyclic N) is 1. The maximum atomic E-state index is 10.6. The molecule has 2 unspecified atom stereocenters. The first-order valence-electron chi connectivity index (χ1n) is 11.9. The van der Waals surface area contributed by atoms with Crippen LogP contribution in [0.4, 0.5) is 0 Å². The monoisotopic (exact) mass is 431 g/mol. The fourth-order valence-corrected chi connectivity index (χ4v) is 4.47. The van der Waals surface area contributed by atoms with Gasteiger partial charge in [-0.25, -0.2) is 0 Å². The van der Waals surface area contributed by atoms with Crippen molar-refractivity contribution in [2.45, 2.75) is 45.9 Å². The molecule has 0 spiro atoms. The summed E-state index contributed by atoms with van der Waals surface area (Å²) >= 11 is 0. The fourth-order valence-electron chi connectivity index (χ4n) is 4.47. The Bertz CT molecular complexity index is 690. The van der Waals surface area contributed by atoms with Gasteiger partial charge in [0.1, 0.15) is 0 Å². The van der Waals surface area contributed by atoms with E-state index in [-0.39, 0.29) is 0 Å². The Morgan fingerprint density at radius 1 is 1.13 bits per heavy atom. The second-order valence-electron chi connectivity index (χ2n) is 8.97. The molecule has 1 fully saturated rings. The van der Waals surface area contributed by atoms with Crippen molar-refractivity contribution in [3.8, 4) is 0 Å². The van der Waals surface area contributed by atoms with Crippen molar-refractivity contribution in [1.29, 1.82) is 0 Å². The molecule has 174 valence electrons. The highest BCUT2D eigenvalue weighted by Crippen LogP contribution is 2.18. The van der Waals surface area contributed by atoms with Gasteiger partial charge in [-0.05, 0) is 30.4 Å². The Labute approximate surface area is 187 Å². The molecule has 3 rings (SSSR count). The largest absolute Gasteiger partial charge is 0.390 e. The van der Waals surface area contributed by atoms with Crippen LogP contribution in [-0.4, -0.2) is 92.0 Å². The highest BCUT2D eigenvalue weighted by molar-refractivity contribution is 5.79. The summed E-state index contributed by atoms with van der Waals surface area (Å²) in [7, 11) is 0. The van der Waals surface area contributed by atoms with Crippen molar-refractivity contribution in [1.82, 2.24) is 20.4 Å². The van der Waals surface area contributed by atoms with Crippen molar-refractivity contribution in [2.24, 2.45) is 10.9 Å². The Morgan fingerprint density at radius 2 is 1.87 bits per heavy atom. The van der Waals surface area contributed by atoms with Gasteiger partial charge in [0.05, 0.1) is 25.9 Å². The predicted molar refractivity (Wildman–Crippen MR) is 126 cm³/mol. The van der Waals surface area contributed by atoms with Gasteiger partial charge in [0, 0.05) is 51.9 Å². The van der Waals surface area contributed by atoms with Gasteiger partial charge < -0.3 is 20.5 Å². The average Bonchev–Trinajstić information content (AvgIpc) is 2.78. The van der Waals surface area contributed by atoms with E-state index in [1.807, 2.05) is 0 Å². The first-order valence-corrected chi connectivity index (χ1v) is 11.9. The second-order valence-corrected chi connectivity index (χ2v) is 8.97. The number of benzene rings is 1. The Morgan fingerprint density at radius 3 is 2.58 bits per heavy atom. The molecule has 2 atom stereocenters. The van der Waals surface area contributed by atoms with Crippen LogP contribution in [0.15, 0.2) is 29.3 Å². The normalized spacial score (nSPS) is 20.4. The van der Waals surface area contributed by atoms with E-state index in [4.69, 9.17) is 9.73 Å². The summed E-state index contributed by atoms with van der Waals surface area (Å²) in [4.78, 5) is 9.68. The van der Waals surface area contributed by atoms with Gasteiger partial charge in [0.2, 0.25) is 0 Å². The van der Waals surface area contributed by atoms with Crippen LogP contribution in [0.2, 0.25) is 0 Å². The van der Waals surface area contributed by atoms with Gasteiger partial charge in [-0.3, -0.25) is 14.8 Å². The van der Waals surface area contributed by atoms with E-state index in [0.29, 0.717) is 25.0 Å². The number of hydrogen-bond donors (Lipinski definition) is 3. The number of nitrogens with one attached hydrogen (secondary N) is 2. The smallest absolute Gasteiger partial charge is 0.191 e. The standard InChI is InChI=1S/C24H41N5O2/c1-4-25-24(27-16-23(19(2)3)29-11-13-31-14-12-29)26-15-22(30)18-28-10-9-20-7-5-6-8-21(20)17-28/h5-8,19,22-23,30H,4,9-18H2,1-3H3,(H2,25,26,27). The summed E-state index contributed by atoms with van der Waals surface area (Å²) in [5, 5.41) is 17.3. The zero-order valence-corrected chi connectivity index (χ0v) is 19.5. The second kappa shape index (κ2) is 12.4. The van der Waals surface area contributed by atoms with Crippen LogP contribution in [-0.2, 0) is 17.7 Å². The molecule has 0 amide bonds. The summed E-state index contributed by atoms with van der Waals surface area (Å²) in [6.45, 7) is 14.8. The van der Waals surface area contributed by atoms with E-state index in [0.717, 1.165) is 64.9 Å². The molecule has 1 aromatic rings. The van der Waals surface area contributed by atoms with E-state index in [9.17, 15) is 5.11 Å². The summed E-state index contributed by atoms with van der Waals surface area (Å²) in [5.74, 6) is 1.31. The molecule has 2 aliphatic rings. The van der Waals surface area contributed by atoms with Crippen LogP contribution in [0.1, 0.15) is 31.9 Å². The highest BCUT2D eigenvalue weighted by Gasteiger charge is 2.24. The molecule has 31 heavy (non-hydrogen) atoms. The first-order chi connectivity index (χ1) is 15.1. The number of fused-ring (bicyclic) bond motifs is 1. The molecule has 0 aliphatic carbocycles. The van der Waals surface area contributed by atoms with Crippen molar-refractivity contribution >= 4 is 5.96 Å². The molecule has 7 nitrogen and oxygen atoms in total. The molecule has 2 aliphatic heterocycles. The zero-order valence-electron chi connectivity index (χ0n) is 19.5. The maximum Gasteiger partial charge on any atom is 0.191 e. The number of nitrogens with zero attached hydrogens (tertiary/aromatic N) is 3. The molecule has 0 aromatic heterocycles. The lowest BCUT2D eigenvalue weighted by atomic mass is 10.00. The Balaban J connectivity index is 1.48. The minimum Gasteiger partial charge on any atom is -0.390 e. The van der Waals surface area contributed by atoms with Gasteiger partial charge in [-0.2, -0.15) is 0 Å². The molecular weight excluding hydrogens is 390 g/mol. The van der Waals surface area contributed by atoms with Crippen LogP contribution in [0.3, 0.4) is 0 Å². The Kier molecular flexibility index (Phi) is 9.58. The molecule has 0 bridgehead atoms. The number of guanidine groups is 1. The summed E-state index contributed by atoms with van der Waals surface area (Å²) in [6.07, 6.45) is 0.618. The van der Waals surface area contributed by atoms with Crippen LogP contribution < -0.4 is 10.6 Å². The lowest BCUT2D eigenvalue weighted by molar-refractivity contribution is 0.00866. The van der Waals surface area contributed by atoms with Gasteiger partial charge in [-0.15, -0.1) is 0 Å². The third-order valence-electron chi connectivity index (χ3n) is 6.25.